The second-order valence-electron chi connectivity index (χ2n) is 8.89. The summed E-state index contributed by atoms with van der Waals surface area (Å²) in [6.45, 7) is 8.03. The van der Waals surface area contributed by atoms with Crippen LogP contribution in [0, 0.1) is 0 Å². The molecular formula is C26H34N2O6. The third-order valence-corrected chi connectivity index (χ3v) is 5.84. The summed E-state index contributed by atoms with van der Waals surface area (Å²) in [5.74, 6) is 0.572. The number of benzene rings is 2. The highest BCUT2D eigenvalue weighted by Crippen LogP contribution is 2.29. The molecule has 2 N–H and O–H groups in total. The van der Waals surface area contributed by atoms with Gasteiger partial charge in [0.25, 0.3) is 5.91 Å². The SMILES string of the molecule is CCOc1cc(CN2CCC(NC(=O)c3cccc(OC(C)(C)C(=O)O)c3)CC2)ccc1OC. The van der Waals surface area contributed by atoms with E-state index in [0.717, 1.165) is 49.5 Å². The summed E-state index contributed by atoms with van der Waals surface area (Å²) in [6.07, 6.45) is 1.70. The first-order valence-electron chi connectivity index (χ1n) is 11.6. The first-order chi connectivity index (χ1) is 16.2. The van der Waals surface area contributed by atoms with Gasteiger partial charge in [-0.1, -0.05) is 12.1 Å². The number of methoxy groups -OCH3 is 1. The third-order valence-electron chi connectivity index (χ3n) is 5.84. The average Bonchev–Trinajstić information content (AvgIpc) is 2.80. The smallest absolute Gasteiger partial charge is 0.347 e. The number of hydrogen-bond donors (Lipinski definition) is 2. The van der Waals surface area contributed by atoms with Crippen molar-refractivity contribution >= 4 is 11.9 Å². The zero-order chi connectivity index (χ0) is 24.7. The molecule has 8 heteroatoms. The van der Waals surface area contributed by atoms with Gasteiger partial charge in [-0.05, 0) is 69.5 Å². The van der Waals surface area contributed by atoms with Crippen LogP contribution < -0.4 is 19.5 Å². The Morgan fingerprint density at radius 2 is 1.85 bits per heavy atom. The Kier molecular flexibility index (Phi) is 8.39. The number of carboxylic acid groups (broad SMARTS) is 1. The molecule has 3 rings (SSSR count). The number of amides is 1. The Morgan fingerprint density at radius 3 is 2.50 bits per heavy atom. The fourth-order valence-electron chi connectivity index (χ4n) is 3.89. The van der Waals surface area contributed by atoms with E-state index in [0.29, 0.717) is 17.9 Å². The maximum Gasteiger partial charge on any atom is 0.347 e. The molecule has 0 saturated carbocycles. The monoisotopic (exact) mass is 470 g/mol. The molecule has 2 aromatic rings. The lowest BCUT2D eigenvalue weighted by Crippen LogP contribution is -2.44. The highest BCUT2D eigenvalue weighted by atomic mass is 16.5. The van der Waals surface area contributed by atoms with Gasteiger partial charge in [-0.3, -0.25) is 9.69 Å². The van der Waals surface area contributed by atoms with Crippen molar-refractivity contribution in [2.75, 3.05) is 26.8 Å². The number of ether oxygens (including phenoxy) is 3. The first kappa shape index (κ1) is 25.4. The second-order valence-corrected chi connectivity index (χ2v) is 8.89. The van der Waals surface area contributed by atoms with Gasteiger partial charge in [0.15, 0.2) is 17.1 Å². The average molecular weight is 471 g/mol. The lowest BCUT2D eigenvalue weighted by Gasteiger charge is -2.32. The van der Waals surface area contributed by atoms with Crippen LogP contribution in [0.4, 0.5) is 0 Å². The molecule has 0 spiro atoms. The minimum absolute atomic E-state index is 0.0821. The van der Waals surface area contributed by atoms with Crippen LogP contribution in [-0.2, 0) is 11.3 Å². The van der Waals surface area contributed by atoms with Crippen molar-refractivity contribution in [1.82, 2.24) is 10.2 Å². The maximum atomic E-state index is 12.8. The Morgan fingerprint density at radius 1 is 1.12 bits per heavy atom. The molecule has 0 unspecified atom stereocenters. The number of carboxylic acids is 1. The number of carbonyl (C=O) groups excluding carboxylic acids is 1. The van der Waals surface area contributed by atoms with Gasteiger partial charge in [-0.25, -0.2) is 4.79 Å². The molecule has 1 heterocycles. The van der Waals surface area contributed by atoms with Gasteiger partial charge in [-0.2, -0.15) is 0 Å². The van der Waals surface area contributed by atoms with Gasteiger partial charge in [0.1, 0.15) is 5.75 Å². The zero-order valence-corrected chi connectivity index (χ0v) is 20.3. The quantitative estimate of drug-likeness (QED) is 0.546. The number of hydrogen-bond acceptors (Lipinski definition) is 6. The molecule has 1 aliphatic rings. The van der Waals surface area contributed by atoms with Gasteiger partial charge < -0.3 is 24.6 Å². The highest BCUT2D eigenvalue weighted by molar-refractivity contribution is 5.94. The van der Waals surface area contributed by atoms with Crippen LogP contribution in [0.15, 0.2) is 42.5 Å². The Hall–Kier alpha value is -3.26. The number of nitrogens with one attached hydrogen (secondary N) is 1. The Labute approximate surface area is 200 Å². The van der Waals surface area contributed by atoms with Crippen LogP contribution in [-0.4, -0.2) is 60.3 Å². The van der Waals surface area contributed by atoms with E-state index in [2.05, 4.69) is 16.3 Å². The van der Waals surface area contributed by atoms with E-state index in [1.807, 2.05) is 19.1 Å². The Balaban J connectivity index is 1.52. The van der Waals surface area contributed by atoms with Crippen molar-refractivity contribution < 1.29 is 28.9 Å². The number of likely N-dealkylation sites (tertiary alicyclic amines) is 1. The number of carbonyl (C=O) groups is 2. The van der Waals surface area contributed by atoms with Crippen molar-refractivity contribution in [3.8, 4) is 17.2 Å². The molecule has 1 fully saturated rings. The van der Waals surface area contributed by atoms with E-state index in [1.165, 1.54) is 13.8 Å². The van der Waals surface area contributed by atoms with E-state index in [1.54, 1.807) is 31.4 Å². The molecule has 34 heavy (non-hydrogen) atoms. The molecule has 1 saturated heterocycles. The van der Waals surface area contributed by atoms with Crippen molar-refractivity contribution in [3.05, 3.63) is 53.6 Å². The third kappa shape index (κ3) is 6.63. The van der Waals surface area contributed by atoms with Gasteiger partial charge in [0.05, 0.1) is 13.7 Å². The van der Waals surface area contributed by atoms with E-state index < -0.39 is 11.6 Å². The number of rotatable bonds is 10. The van der Waals surface area contributed by atoms with Crippen LogP contribution in [0.2, 0.25) is 0 Å². The van der Waals surface area contributed by atoms with Crippen LogP contribution in [0.5, 0.6) is 17.2 Å². The number of piperidine rings is 1. The number of nitrogens with zero attached hydrogens (tertiary/aromatic N) is 1. The van der Waals surface area contributed by atoms with Crippen molar-refractivity contribution in [2.24, 2.45) is 0 Å². The topological polar surface area (TPSA) is 97.3 Å². The lowest BCUT2D eigenvalue weighted by atomic mass is 10.0. The summed E-state index contributed by atoms with van der Waals surface area (Å²) >= 11 is 0. The molecule has 2 aromatic carbocycles. The molecule has 1 aliphatic heterocycles. The summed E-state index contributed by atoms with van der Waals surface area (Å²) in [5.41, 5.74) is 0.227. The minimum atomic E-state index is -1.38. The minimum Gasteiger partial charge on any atom is -0.493 e. The number of aliphatic carboxylic acids is 1. The summed E-state index contributed by atoms with van der Waals surface area (Å²) in [4.78, 5) is 26.4. The summed E-state index contributed by atoms with van der Waals surface area (Å²) in [6, 6.07) is 12.7. The van der Waals surface area contributed by atoms with Crippen molar-refractivity contribution in [2.45, 2.75) is 51.8 Å². The molecule has 8 nitrogen and oxygen atoms in total. The van der Waals surface area contributed by atoms with E-state index in [-0.39, 0.29) is 11.9 Å². The van der Waals surface area contributed by atoms with E-state index >= 15 is 0 Å². The first-order valence-corrected chi connectivity index (χ1v) is 11.6. The molecule has 0 aliphatic carbocycles. The fraction of sp³-hybridized carbons (Fsp3) is 0.462. The van der Waals surface area contributed by atoms with Crippen LogP contribution in [0.1, 0.15) is 49.5 Å². The normalized spacial score (nSPS) is 14.9. The van der Waals surface area contributed by atoms with Crippen LogP contribution in [0.3, 0.4) is 0 Å². The van der Waals surface area contributed by atoms with Gasteiger partial charge >= 0.3 is 5.97 Å². The van der Waals surface area contributed by atoms with Crippen molar-refractivity contribution in [1.29, 1.82) is 0 Å². The molecule has 0 radical (unpaired) electrons. The van der Waals surface area contributed by atoms with Gasteiger partial charge in [0.2, 0.25) is 0 Å². The van der Waals surface area contributed by atoms with Crippen molar-refractivity contribution in [3.63, 3.8) is 0 Å². The fourth-order valence-corrected chi connectivity index (χ4v) is 3.89. The molecule has 0 aromatic heterocycles. The zero-order valence-electron chi connectivity index (χ0n) is 20.3. The molecule has 1 amide bonds. The van der Waals surface area contributed by atoms with Gasteiger partial charge in [0, 0.05) is 31.2 Å². The van der Waals surface area contributed by atoms with E-state index in [4.69, 9.17) is 14.2 Å². The summed E-state index contributed by atoms with van der Waals surface area (Å²) in [7, 11) is 1.64. The molecule has 0 atom stereocenters. The Bertz CT molecular complexity index is 999. The molecular weight excluding hydrogens is 436 g/mol. The van der Waals surface area contributed by atoms with E-state index in [9.17, 15) is 14.7 Å². The maximum absolute atomic E-state index is 12.8. The molecule has 0 bridgehead atoms. The van der Waals surface area contributed by atoms with Gasteiger partial charge in [-0.15, -0.1) is 0 Å². The standard InChI is InChI=1S/C26H34N2O6/c1-5-33-23-15-18(9-10-22(23)32-4)17-28-13-11-20(12-14-28)27-24(29)19-7-6-8-21(16-19)34-26(2,3)25(30)31/h6-10,15-16,20H,5,11-14,17H2,1-4H3,(H,27,29)(H,30,31). The largest absolute Gasteiger partial charge is 0.493 e. The van der Waals surface area contributed by atoms with Crippen LogP contribution >= 0.6 is 0 Å². The second kappa shape index (κ2) is 11.2. The highest BCUT2D eigenvalue weighted by Gasteiger charge is 2.29. The summed E-state index contributed by atoms with van der Waals surface area (Å²) < 4.78 is 16.6. The summed E-state index contributed by atoms with van der Waals surface area (Å²) in [5, 5.41) is 12.4. The lowest BCUT2D eigenvalue weighted by molar-refractivity contribution is -0.152. The molecule has 184 valence electrons. The van der Waals surface area contributed by atoms with Crippen LogP contribution in [0.25, 0.3) is 0 Å². The predicted octanol–water partition coefficient (Wildman–Crippen LogP) is 3.73. The predicted molar refractivity (Wildman–Crippen MR) is 129 cm³/mol.